The van der Waals surface area contributed by atoms with Crippen molar-refractivity contribution in [3.63, 3.8) is 0 Å². The molecule has 0 saturated carbocycles. The Hall–Kier alpha value is -2.18. The Morgan fingerprint density at radius 2 is 1.50 bits per heavy atom. The van der Waals surface area contributed by atoms with E-state index in [0.29, 0.717) is 5.75 Å². The fourth-order valence-corrected chi connectivity index (χ4v) is 9.34. The Kier molecular flexibility index (Phi) is 6.71. The molecule has 4 rings (SSSR count). The monoisotopic (exact) mass is 501 g/mol. The number of aromatic hydroxyl groups is 1. The molecule has 3 aromatic carbocycles. The van der Waals surface area contributed by atoms with Crippen molar-refractivity contribution in [1.82, 2.24) is 0 Å². The van der Waals surface area contributed by atoms with Crippen LogP contribution < -0.4 is 0 Å². The molecule has 2 unspecified atom stereocenters. The summed E-state index contributed by atoms with van der Waals surface area (Å²) in [7, 11) is -0.525. The van der Waals surface area contributed by atoms with Gasteiger partial charge in [-0.15, -0.1) is 0 Å². The molecule has 0 radical (unpaired) electrons. The highest BCUT2D eigenvalue weighted by Gasteiger charge is 2.57. The van der Waals surface area contributed by atoms with Gasteiger partial charge in [0, 0.05) is 16.4 Å². The van der Waals surface area contributed by atoms with Crippen LogP contribution in [0, 0.1) is 12.3 Å². The molecule has 2 atom stereocenters. The maximum atomic E-state index is 11.9. The zero-order valence-electron chi connectivity index (χ0n) is 24.0. The molecule has 0 amide bonds. The number of benzene rings is 3. The SMILES string of the molecule is Cc1cc(C(C)(C)C)c(O)c(C2(C(C)(C)C)CCP(C(C)(C)C)C2=Nc2cccc3ccccc23)c1. The molecule has 1 heterocycles. The predicted octanol–water partition coefficient (Wildman–Crippen LogP) is 9.85. The van der Waals surface area contributed by atoms with Gasteiger partial charge in [-0.1, -0.05) is 124 Å². The van der Waals surface area contributed by atoms with E-state index in [1.54, 1.807) is 0 Å². The van der Waals surface area contributed by atoms with E-state index in [9.17, 15) is 5.11 Å². The summed E-state index contributed by atoms with van der Waals surface area (Å²) < 4.78 is 0. The highest BCUT2D eigenvalue weighted by molar-refractivity contribution is 7.77. The van der Waals surface area contributed by atoms with Crippen molar-refractivity contribution in [3.8, 4) is 5.75 Å². The van der Waals surface area contributed by atoms with Gasteiger partial charge in [0.15, 0.2) is 0 Å². The lowest BCUT2D eigenvalue weighted by Crippen LogP contribution is -2.44. The second-order valence-corrected chi connectivity index (χ2v) is 16.7. The maximum Gasteiger partial charge on any atom is 0.123 e. The fourth-order valence-electron chi connectivity index (χ4n) is 6.00. The van der Waals surface area contributed by atoms with E-state index in [1.807, 2.05) is 0 Å². The van der Waals surface area contributed by atoms with Gasteiger partial charge in [-0.25, -0.2) is 0 Å². The first-order valence-corrected chi connectivity index (χ1v) is 14.8. The molecule has 1 N–H and O–H groups in total. The second-order valence-electron chi connectivity index (χ2n) is 13.6. The highest BCUT2D eigenvalue weighted by atomic mass is 31.1. The summed E-state index contributed by atoms with van der Waals surface area (Å²) in [5.74, 6) is 0.458. The zero-order chi connectivity index (χ0) is 26.7. The third-order valence-corrected chi connectivity index (χ3v) is 11.2. The van der Waals surface area contributed by atoms with E-state index in [4.69, 9.17) is 4.99 Å². The van der Waals surface area contributed by atoms with Crippen molar-refractivity contribution in [2.45, 2.75) is 91.6 Å². The van der Waals surface area contributed by atoms with Gasteiger partial charge in [0.2, 0.25) is 0 Å². The minimum absolute atomic E-state index is 0.123. The van der Waals surface area contributed by atoms with Crippen LogP contribution in [0.4, 0.5) is 5.69 Å². The molecule has 0 bridgehead atoms. The lowest BCUT2D eigenvalue weighted by molar-refractivity contribution is 0.252. The topological polar surface area (TPSA) is 32.6 Å². The number of hydrogen-bond donors (Lipinski definition) is 1. The summed E-state index contributed by atoms with van der Waals surface area (Å²) in [4.78, 5) is 5.63. The second kappa shape index (κ2) is 8.98. The largest absolute Gasteiger partial charge is 0.507 e. The quantitative estimate of drug-likeness (QED) is 0.348. The van der Waals surface area contributed by atoms with E-state index >= 15 is 0 Å². The van der Waals surface area contributed by atoms with Crippen LogP contribution >= 0.6 is 7.92 Å². The Morgan fingerprint density at radius 3 is 2.11 bits per heavy atom. The number of rotatable bonds is 2. The van der Waals surface area contributed by atoms with Gasteiger partial charge in [0.05, 0.1) is 11.1 Å². The molecule has 1 aliphatic heterocycles. The average Bonchev–Trinajstić information content (AvgIpc) is 3.15. The van der Waals surface area contributed by atoms with Gasteiger partial charge >= 0.3 is 0 Å². The lowest BCUT2D eigenvalue weighted by Gasteiger charge is -2.45. The molecule has 1 aliphatic rings. The Labute approximate surface area is 220 Å². The van der Waals surface area contributed by atoms with Crippen molar-refractivity contribution in [2.75, 3.05) is 6.16 Å². The minimum atomic E-state index is -0.525. The number of aryl methyl sites for hydroxylation is 1. The van der Waals surface area contributed by atoms with Crippen LogP contribution in [0.5, 0.6) is 5.75 Å². The Morgan fingerprint density at radius 1 is 0.861 bits per heavy atom. The van der Waals surface area contributed by atoms with Crippen molar-refractivity contribution < 1.29 is 5.11 Å². The number of fused-ring (bicyclic) bond motifs is 1. The van der Waals surface area contributed by atoms with Crippen LogP contribution in [0.25, 0.3) is 10.8 Å². The number of aliphatic imine (C=N–C) groups is 1. The van der Waals surface area contributed by atoms with E-state index < -0.39 is 7.92 Å². The molecule has 0 aliphatic carbocycles. The van der Waals surface area contributed by atoms with Crippen molar-refractivity contribution in [1.29, 1.82) is 0 Å². The summed E-state index contributed by atoms with van der Waals surface area (Å²) in [5.41, 5.74) is 4.99. The molecular formula is C33H44NOP. The van der Waals surface area contributed by atoms with Crippen LogP contribution in [-0.2, 0) is 10.8 Å². The third-order valence-electron chi connectivity index (χ3n) is 7.95. The minimum Gasteiger partial charge on any atom is -0.507 e. The standard InChI is InChI=1S/C33H44NOP/c1-22-20-25(30(2,3)4)28(35)26(21-22)33(31(5,6)7)18-19-36(32(8,9)10)29(33)34-27-17-13-15-23-14-11-12-16-24(23)27/h11-17,20-21,35H,18-19H2,1-10H3. The highest BCUT2D eigenvalue weighted by Crippen LogP contribution is 2.68. The average molecular weight is 502 g/mol. The van der Waals surface area contributed by atoms with E-state index in [2.05, 4.69) is 124 Å². The van der Waals surface area contributed by atoms with E-state index in [1.165, 1.54) is 21.8 Å². The summed E-state index contributed by atoms with van der Waals surface area (Å²) >= 11 is 0. The number of nitrogens with zero attached hydrogens (tertiary/aromatic N) is 1. The van der Waals surface area contributed by atoms with Crippen LogP contribution in [0.3, 0.4) is 0 Å². The number of phenolic OH excluding ortho intramolecular Hbond substituents is 1. The van der Waals surface area contributed by atoms with E-state index in [-0.39, 0.29) is 21.4 Å². The smallest absolute Gasteiger partial charge is 0.123 e. The van der Waals surface area contributed by atoms with Crippen molar-refractivity contribution in [2.24, 2.45) is 10.4 Å². The van der Waals surface area contributed by atoms with Crippen LogP contribution in [0.15, 0.2) is 59.6 Å². The molecule has 1 fully saturated rings. The van der Waals surface area contributed by atoms with Gasteiger partial charge in [-0.3, -0.25) is 4.99 Å². The molecular weight excluding hydrogens is 457 g/mol. The zero-order valence-corrected chi connectivity index (χ0v) is 24.8. The van der Waals surface area contributed by atoms with Gasteiger partial charge in [-0.05, 0) is 52.5 Å². The van der Waals surface area contributed by atoms with Gasteiger partial charge in [0.25, 0.3) is 0 Å². The molecule has 3 heteroatoms. The molecule has 36 heavy (non-hydrogen) atoms. The molecule has 0 aromatic heterocycles. The van der Waals surface area contributed by atoms with Gasteiger partial charge in [-0.2, -0.15) is 0 Å². The normalized spacial score (nSPS) is 22.5. The molecule has 1 saturated heterocycles. The first kappa shape index (κ1) is 26.9. The van der Waals surface area contributed by atoms with Gasteiger partial charge < -0.3 is 5.11 Å². The van der Waals surface area contributed by atoms with Crippen LogP contribution in [-0.4, -0.2) is 21.9 Å². The maximum absolute atomic E-state index is 11.9. The Bertz CT molecular complexity index is 1310. The molecule has 0 spiro atoms. The summed E-state index contributed by atoms with van der Waals surface area (Å²) in [6.07, 6.45) is 2.13. The van der Waals surface area contributed by atoms with Crippen molar-refractivity contribution in [3.05, 3.63) is 71.3 Å². The molecule has 3 aromatic rings. The summed E-state index contributed by atoms with van der Waals surface area (Å²) in [6.45, 7) is 22.9. The third kappa shape index (κ3) is 4.51. The number of phenols is 1. The summed E-state index contributed by atoms with van der Waals surface area (Å²) in [6, 6.07) is 19.4. The van der Waals surface area contributed by atoms with Crippen molar-refractivity contribution >= 4 is 29.8 Å². The van der Waals surface area contributed by atoms with E-state index in [0.717, 1.165) is 29.4 Å². The number of hydrogen-bond acceptors (Lipinski definition) is 2. The first-order chi connectivity index (χ1) is 16.6. The lowest BCUT2D eigenvalue weighted by atomic mass is 9.60. The van der Waals surface area contributed by atoms with Crippen LogP contribution in [0.1, 0.15) is 85.4 Å². The van der Waals surface area contributed by atoms with Crippen LogP contribution in [0.2, 0.25) is 0 Å². The Balaban J connectivity index is 2.11. The first-order valence-electron chi connectivity index (χ1n) is 13.3. The van der Waals surface area contributed by atoms with Gasteiger partial charge in [0.1, 0.15) is 5.75 Å². The molecule has 192 valence electrons. The fraction of sp³-hybridized carbons (Fsp3) is 0.485. The predicted molar refractivity (Wildman–Crippen MR) is 160 cm³/mol. The summed E-state index contributed by atoms with van der Waals surface area (Å²) in [5, 5.41) is 14.5. The molecule has 2 nitrogen and oxygen atoms in total.